The summed E-state index contributed by atoms with van der Waals surface area (Å²) < 4.78 is 23.2. The molecule has 1 aliphatic heterocycles. The van der Waals surface area contributed by atoms with Crippen LogP contribution in [0.5, 0.6) is 23.0 Å². The second-order valence-electron chi connectivity index (χ2n) is 9.38. The number of nitriles is 1. The number of amides is 1. The first-order chi connectivity index (χ1) is 20.8. The number of methoxy groups -OCH3 is 4. The van der Waals surface area contributed by atoms with E-state index in [2.05, 4.69) is 11.4 Å². The fourth-order valence-corrected chi connectivity index (χ4v) is 6.02. The molecule has 1 unspecified atom stereocenters. The van der Waals surface area contributed by atoms with Gasteiger partial charge in [0.05, 0.1) is 61.8 Å². The van der Waals surface area contributed by atoms with Crippen molar-refractivity contribution in [1.82, 2.24) is 4.57 Å². The summed E-state index contributed by atoms with van der Waals surface area (Å²) in [5, 5.41) is 13.2. The molecule has 1 aliphatic rings. The third-order valence-corrected chi connectivity index (χ3v) is 8.14. The monoisotopic (exact) mass is 596 g/mol. The molecule has 0 fully saturated rings. The molecule has 3 aromatic carbocycles. The zero-order valence-electron chi connectivity index (χ0n) is 23.8. The van der Waals surface area contributed by atoms with Crippen LogP contribution in [0, 0.1) is 11.3 Å². The van der Waals surface area contributed by atoms with Crippen molar-refractivity contribution >= 4 is 40.4 Å². The second kappa shape index (κ2) is 12.2. The molecule has 5 rings (SSSR count). The lowest BCUT2D eigenvalue weighted by atomic mass is 9.83. The van der Waals surface area contributed by atoms with Crippen LogP contribution in [0.2, 0.25) is 0 Å². The van der Waals surface area contributed by atoms with Crippen molar-refractivity contribution in [2.24, 2.45) is 5.73 Å². The summed E-state index contributed by atoms with van der Waals surface area (Å²) in [6.45, 7) is 0. The van der Waals surface area contributed by atoms with E-state index < -0.39 is 17.4 Å². The summed E-state index contributed by atoms with van der Waals surface area (Å²) in [6.07, 6.45) is 1.71. The number of allylic oxidation sites excluding steroid dienone is 1. The highest BCUT2D eigenvalue weighted by Crippen LogP contribution is 2.38. The molecule has 11 heteroatoms. The highest BCUT2D eigenvalue weighted by molar-refractivity contribution is 7.07. The first kappa shape index (κ1) is 29.0. The minimum absolute atomic E-state index is 0.0347. The molecule has 1 amide bonds. The molecule has 2 heterocycles. The first-order valence-electron chi connectivity index (χ1n) is 13.0. The molecule has 10 nitrogen and oxygen atoms in total. The summed E-state index contributed by atoms with van der Waals surface area (Å²) in [7, 11) is 6.13. The molecule has 43 heavy (non-hydrogen) atoms. The Morgan fingerprint density at radius 2 is 1.53 bits per heavy atom. The van der Waals surface area contributed by atoms with Crippen molar-refractivity contribution in [3.05, 3.63) is 103 Å². The fourth-order valence-electron chi connectivity index (χ4n) is 4.84. The highest BCUT2D eigenvalue weighted by Gasteiger charge is 2.36. The molecule has 1 atom stereocenters. The Morgan fingerprint density at radius 3 is 2.12 bits per heavy atom. The maximum absolute atomic E-state index is 14.2. The molecule has 4 aromatic rings. The van der Waals surface area contributed by atoms with Gasteiger partial charge in [-0.05, 0) is 53.6 Å². The minimum atomic E-state index is -0.868. The Bertz CT molecular complexity index is 1950. The second-order valence-corrected chi connectivity index (χ2v) is 10.4. The quantitative estimate of drug-likeness (QED) is 0.317. The van der Waals surface area contributed by atoms with Gasteiger partial charge in [0.15, 0.2) is 0 Å². The summed E-state index contributed by atoms with van der Waals surface area (Å²) in [5.41, 5.74) is 8.08. The van der Waals surface area contributed by atoms with Crippen molar-refractivity contribution in [1.29, 1.82) is 5.26 Å². The van der Waals surface area contributed by atoms with E-state index in [1.165, 1.54) is 18.8 Å². The number of thiazole rings is 1. The number of nitrogens with zero attached hydrogens (tertiary/aromatic N) is 2. The molecule has 0 saturated heterocycles. The van der Waals surface area contributed by atoms with E-state index in [0.717, 1.165) is 16.9 Å². The summed E-state index contributed by atoms with van der Waals surface area (Å²) in [5.74, 6) is 0.764. The molecule has 3 N–H and O–H groups in total. The molecular weight excluding hydrogens is 568 g/mol. The van der Waals surface area contributed by atoms with Crippen LogP contribution in [-0.2, 0) is 4.79 Å². The van der Waals surface area contributed by atoms with E-state index in [0.29, 0.717) is 43.4 Å². The molecule has 1 aromatic heterocycles. The molecule has 0 spiro atoms. The van der Waals surface area contributed by atoms with Gasteiger partial charge in [0.1, 0.15) is 33.5 Å². The fraction of sp³-hybridized carbons (Fsp3) is 0.156. The third-order valence-electron chi connectivity index (χ3n) is 7.03. The van der Waals surface area contributed by atoms with Crippen LogP contribution in [0.25, 0.3) is 17.5 Å². The number of nitrogens with two attached hydrogens (primary N) is 1. The zero-order valence-corrected chi connectivity index (χ0v) is 24.7. The van der Waals surface area contributed by atoms with Gasteiger partial charge >= 0.3 is 0 Å². The lowest BCUT2D eigenvalue weighted by molar-refractivity contribution is -0.111. The Labute approximate surface area is 251 Å². The van der Waals surface area contributed by atoms with Crippen LogP contribution < -0.4 is 44.8 Å². The Hall–Kier alpha value is -5.47. The number of anilines is 1. The van der Waals surface area contributed by atoms with Crippen LogP contribution in [0.4, 0.5) is 5.69 Å². The van der Waals surface area contributed by atoms with Crippen LogP contribution in [-0.4, -0.2) is 38.9 Å². The van der Waals surface area contributed by atoms with Crippen molar-refractivity contribution in [2.75, 3.05) is 33.8 Å². The number of ether oxygens (including phenoxy) is 4. The molecule has 0 aliphatic carbocycles. The number of hydrogen-bond donors (Lipinski definition) is 2. The van der Waals surface area contributed by atoms with Crippen LogP contribution in [0.3, 0.4) is 0 Å². The van der Waals surface area contributed by atoms with Gasteiger partial charge in [-0.3, -0.25) is 14.2 Å². The van der Waals surface area contributed by atoms with Crippen molar-refractivity contribution in [3.8, 4) is 29.1 Å². The van der Waals surface area contributed by atoms with E-state index in [1.807, 2.05) is 12.1 Å². The van der Waals surface area contributed by atoms with Crippen molar-refractivity contribution < 1.29 is 23.7 Å². The van der Waals surface area contributed by atoms with Crippen molar-refractivity contribution in [2.45, 2.75) is 5.92 Å². The number of aromatic nitrogens is 1. The number of rotatable bonds is 8. The SMILES string of the molecule is COc1ccc(/C=c2\sc3n(c2=O)C(N)=C(C#N)C(c2ccc(OC)cc2)C=3C(=O)Nc2ccc(OC)cc2OC)cc1. The highest BCUT2D eigenvalue weighted by atomic mass is 32.1. The number of nitrogens with one attached hydrogen (secondary N) is 1. The standard InChI is InChI=1S/C32H28N4O6S/c1-39-20-9-5-18(6-10-20)15-26-31(38)36-29(34)23(17-33)27(19-7-11-21(40-2)12-8-19)28(32(36)43-26)30(37)35-24-14-13-22(41-3)16-25(24)42-4/h5-16,27H,34H2,1-4H3,(H,35,37)/b26-15-. The van der Waals surface area contributed by atoms with Gasteiger partial charge in [-0.1, -0.05) is 24.3 Å². The van der Waals surface area contributed by atoms with E-state index in [1.54, 1.807) is 74.9 Å². The molecule has 218 valence electrons. The lowest BCUT2D eigenvalue weighted by Crippen LogP contribution is -2.40. The minimum Gasteiger partial charge on any atom is -0.497 e. The maximum Gasteiger partial charge on any atom is 0.274 e. The average molecular weight is 597 g/mol. The number of carbonyl (C=O) groups excluding carboxylic acids is 1. The summed E-state index contributed by atoms with van der Waals surface area (Å²) in [6, 6.07) is 21.3. The normalized spacial score (nSPS) is 14.5. The van der Waals surface area contributed by atoms with E-state index in [-0.39, 0.29) is 17.0 Å². The predicted molar refractivity (Wildman–Crippen MR) is 165 cm³/mol. The van der Waals surface area contributed by atoms with E-state index in [9.17, 15) is 14.9 Å². The summed E-state index contributed by atoms with van der Waals surface area (Å²) in [4.78, 5) is 27.9. The van der Waals surface area contributed by atoms with Gasteiger partial charge in [-0.15, -0.1) is 11.3 Å². The Balaban J connectivity index is 1.77. The first-order valence-corrected chi connectivity index (χ1v) is 13.8. The van der Waals surface area contributed by atoms with Gasteiger partial charge in [-0.25, -0.2) is 0 Å². The smallest absolute Gasteiger partial charge is 0.274 e. The molecule has 0 radical (unpaired) electrons. The number of fused-ring (bicyclic) bond motifs is 1. The Kier molecular flexibility index (Phi) is 8.23. The van der Waals surface area contributed by atoms with Crippen LogP contribution in [0.15, 0.2) is 77.1 Å². The van der Waals surface area contributed by atoms with Gasteiger partial charge in [0.2, 0.25) is 0 Å². The maximum atomic E-state index is 14.2. The van der Waals surface area contributed by atoms with E-state index in [4.69, 9.17) is 24.7 Å². The van der Waals surface area contributed by atoms with Crippen LogP contribution >= 0.6 is 11.3 Å². The van der Waals surface area contributed by atoms with Crippen LogP contribution in [0.1, 0.15) is 17.0 Å². The number of hydrogen-bond acceptors (Lipinski definition) is 9. The molecular formula is C32H28N4O6S. The largest absolute Gasteiger partial charge is 0.497 e. The van der Waals surface area contributed by atoms with E-state index >= 15 is 0 Å². The molecule has 0 bridgehead atoms. The molecule has 0 saturated carbocycles. The predicted octanol–water partition coefficient (Wildman–Crippen LogP) is 3.01. The lowest BCUT2D eigenvalue weighted by Gasteiger charge is -2.25. The van der Waals surface area contributed by atoms with Gasteiger partial charge in [-0.2, -0.15) is 5.26 Å². The number of benzene rings is 3. The third kappa shape index (κ3) is 5.43. The topological polar surface area (TPSA) is 138 Å². The van der Waals surface area contributed by atoms with Gasteiger partial charge in [0.25, 0.3) is 11.5 Å². The average Bonchev–Trinajstić information content (AvgIpc) is 3.36. The summed E-state index contributed by atoms with van der Waals surface area (Å²) >= 11 is 1.12. The number of carbonyl (C=O) groups is 1. The Morgan fingerprint density at radius 1 is 0.930 bits per heavy atom. The van der Waals surface area contributed by atoms with Crippen molar-refractivity contribution in [3.63, 3.8) is 0 Å². The zero-order chi connectivity index (χ0) is 30.7. The van der Waals surface area contributed by atoms with Gasteiger partial charge < -0.3 is 30.0 Å². The van der Waals surface area contributed by atoms with Gasteiger partial charge in [0, 0.05) is 6.07 Å².